The van der Waals surface area contributed by atoms with Crippen LogP contribution in [0.15, 0.2) is 28.2 Å². The summed E-state index contributed by atoms with van der Waals surface area (Å²) in [6.07, 6.45) is 3.93. The number of thiophene rings is 1. The molecule has 7 heteroatoms. The fourth-order valence-electron chi connectivity index (χ4n) is 3.69. The minimum Gasteiger partial charge on any atom is -0.491 e. The predicted octanol–water partition coefficient (Wildman–Crippen LogP) is 4.33. The number of hydrogen-bond acceptors (Lipinski definition) is 7. The summed E-state index contributed by atoms with van der Waals surface area (Å²) in [5.74, 6) is 1.70. The van der Waals surface area contributed by atoms with Crippen molar-refractivity contribution in [3.8, 4) is 11.6 Å². The molecule has 1 N–H and O–H groups in total. The van der Waals surface area contributed by atoms with Crippen LogP contribution in [0.25, 0.3) is 10.2 Å². The van der Waals surface area contributed by atoms with E-state index in [2.05, 4.69) is 35.8 Å². The summed E-state index contributed by atoms with van der Waals surface area (Å²) < 4.78 is 12.8. The summed E-state index contributed by atoms with van der Waals surface area (Å²) in [7, 11) is 0. The van der Waals surface area contributed by atoms with Crippen molar-refractivity contribution in [1.29, 1.82) is 0 Å². The van der Waals surface area contributed by atoms with E-state index in [1.54, 1.807) is 11.3 Å². The van der Waals surface area contributed by atoms with Crippen molar-refractivity contribution in [2.45, 2.75) is 51.7 Å². The van der Waals surface area contributed by atoms with Crippen LogP contribution in [0.3, 0.4) is 0 Å². The third-order valence-corrected chi connectivity index (χ3v) is 5.92. The number of hydrogen-bond donors (Lipinski definition) is 1. The highest BCUT2D eigenvalue weighted by Gasteiger charge is 2.29. The number of aromatic nitrogens is 2. The van der Waals surface area contributed by atoms with Crippen LogP contribution in [0, 0.1) is 0 Å². The quantitative estimate of drug-likeness (QED) is 0.718. The Kier molecular flexibility index (Phi) is 4.82. The van der Waals surface area contributed by atoms with Gasteiger partial charge in [-0.3, -0.25) is 9.88 Å². The van der Waals surface area contributed by atoms with Crippen molar-refractivity contribution >= 4 is 21.6 Å². The second-order valence-corrected chi connectivity index (χ2v) is 9.01. The standard InChI is InChI=1S/C20H25N3O3S/c1-20(2,3)17-16(26-22-19(17)24)12-23-9-5-13(6-10-23)25-15-4-8-21-14-7-11-27-18(14)15/h4,7-8,11,13H,5-6,9-10,12H2,1-3H3,(H,22,24). The second kappa shape index (κ2) is 7.13. The first-order chi connectivity index (χ1) is 12.9. The molecular formula is C20H25N3O3S. The van der Waals surface area contributed by atoms with E-state index in [1.807, 2.05) is 23.7 Å². The van der Waals surface area contributed by atoms with Crippen LogP contribution in [0.2, 0.25) is 0 Å². The van der Waals surface area contributed by atoms with Crippen molar-refractivity contribution in [2.75, 3.05) is 13.1 Å². The molecule has 3 aromatic rings. The molecule has 27 heavy (non-hydrogen) atoms. The zero-order valence-corrected chi connectivity index (χ0v) is 16.8. The Hall–Kier alpha value is -2.12. The third-order valence-electron chi connectivity index (χ3n) is 5.00. The average molecular weight is 388 g/mol. The maximum absolute atomic E-state index is 10.0. The Balaban J connectivity index is 1.38. The summed E-state index contributed by atoms with van der Waals surface area (Å²) in [5, 5.41) is 15.8. The van der Waals surface area contributed by atoms with Crippen LogP contribution >= 0.6 is 11.3 Å². The van der Waals surface area contributed by atoms with Crippen molar-refractivity contribution in [3.63, 3.8) is 0 Å². The minimum atomic E-state index is -0.200. The van der Waals surface area contributed by atoms with E-state index in [-0.39, 0.29) is 17.4 Å². The molecule has 0 aromatic carbocycles. The molecule has 3 aromatic heterocycles. The topological polar surface area (TPSA) is 71.6 Å². The summed E-state index contributed by atoms with van der Waals surface area (Å²) >= 11 is 1.67. The van der Waals surface area contributed by atoms with Gasteiger partial charge >= 0.3 is 0 Å². The lowest BCUT2D eigenvalue weighted by Crippen LogP contribution is -2.38. The molecule has 1 saturated heterocycles. The van der Waals surface area contributed by atoms with Gasteiger partial charge in [-0.25, -0.2) is 0 Å². The second-order valence-electron chi connectivity index (χ2n) is 8.09. The van der Waals surface area contributed by atoms with Gasteiger partial charge < -0.3 is 14.4 Å². The molecule has 1 aliphatic rings. The molecule has 1 aliphatic heterocycles. The largest absolute Gasteiger partial charge is 0.491 e. The number of ether oxygens (including phenoxy) is 1. The molecule has 0 saturated carbocycles. The minimum absolute atomic E-state index is 0.00775. The van der Waals surface area contributed by atoms with E-state index < -0.39 is 0 Å². The van der Waals surface area contributed by atoms with Gasteiger partial charge in [0.1, 0.15) is 11.9 Å². The smallest absolute Gasteiger partial charge is 0.255 e. The van der Waals surface area contributed by atoms with Gasteiger partial charge in [0, 0.05) is 19.3 Å². The highest BCUT2D eigenvalue weighted by atomic mass is 32.1. The van der Waals surface area contributed by atoms with Gasteiger partial charge in [0.2, 0.25) is 0 Å². The number of pyridine rings is 1. The van der Waals surface area contributed by atoms with Crippen LogP contribution in [0.4, 0.5) is 0 Å². The van der Waals surface area contributed by atoms with Gasteiger partial charge in [-0.1, -0.05) is 20.8 Å². The first kappa shape index (κ1) is 18.3. The molecule has 0 atom stereocenters. The van der Waals surface area contributed by atoms with Crippen molar-refractivity contribution in [1.82, 2.24) is 15.0 Å². The Morgan fingerprint density at radius 3 is 2.81 bits per heavy atom. The first-order valence-electron chi connectivity index (χ1n) is 9.31. The van der Waals surface area contributed by atoms with Crippen molar-refractivity contribution < 1.29 is 14.4 Å². The van der Waals surface area contributed by atoms with E-state index in [0.717, 1.165) is 53.2 Å². The molecule has 0 spiro atoms. The highest BCUT2D eigenvalue weighted by molar-refractivity contribution is 7.17. The first-order valence-corrected chi connectivity index (χ1v) is 10.2. The van der Waals surface area contributed by atoms with E-state index >= 15 is 0 Å². The molecule has 0 aliphatic carbocycles. The SMILES string of the molecule is CC(C)(C)c1c(O)noc1CN1CCC(Oc2ccnc3ccsc23)CC1. The van der Waals surface area contributed by atoms with Gasteiger partial charge in [0.15, 0.2) is 5.76 Å². The Bertz CT molecular complexity index is 920. The number of aromatic hydroxyl groups is 1. The fraction of sp³-hybridized carbons (Fsp3) is 0.500. The van der Waals surface area contributed by atoms with Gasteiger partial charge in [0.05, 0.1) is 22.3 Å². The average Bonchev–Trinajstić information content (AvgIpc) is 3.23. The van der Waals surface area contributed by atoms with E-state index in [0.29, 0.717) is 6.54 Å². The summed E-state index contributed by atoms with van der Waals surface area (Å²) in [6.45, 7) is 8.69. The molecule has 0 bridgehead atoms. The Labute approximate surface area is 162 Å². The predicted molar refractivity (Wildman–Crippen MR) is 105 cm³/mol. The number of likely N-dealkylation sites (tertiary alicyclic amines) is 1. The molecule has 0 unspecified atom stereocenters. The summed E-state index contributed by atoms with van der Waals surface area (Å²) in [5.41, 5.74) is 1.60. The Morgan fingerprint density at radius 2 is 2.07 bits per heavy atom. The maximum atomic E-state index is 10.0. The molecule has 0 radical (unpaired) electrons. The van der Waals surface area contributed by atoms with Gasteiger partial charge in [-0.2, -0.15) is 0 Å². The normalized spacial score (nSPS) is 16.9. The zero-order chi connectivity index (χ0) is 19.0. The monoisotopic (exact) mass is 387 g/mol. The van der Waals surface area contributed by atoms with E-state index in [9.17, 15) is 5.11 Å². The molecule has 4 heterocycles. The van der Waals surface area contributed by atoms with Gasteiger partial charge in [-0.05, 0) is 40.9 Å². The summed E-state index contributed by atoms with van der Waals surface area (Å²) in [4.78, 5) is 6.70. The summed E-state index contributed by atoms with van der Waals surface area (Å²) in [6, 6.07) is 3.98. The van der Waals surface area contributed by atoms with Crippen LogP contribution in [-0.4, -0.2) is 39.3 Å². The van der Waals surface area contributed by atoms with Crippen LogP contribution in [0.5, 0.6) is 11.6 Å². The van der Waals surface area contributed by atoms with Crippen LogP contribution in [-0.2, 0) is 12.0 Å². The van der Waals surface area contributed by atoms with Crippen molar-refractivity contribution in [2.24, 2.45) is 0 Å². The van der Waals surface area contributed by atoms with Crippen LogP contribution < -0.4 is 4.74 Å². The number of rotatable bonds is 4. The molecule has 4 rings (SSSR count). The zero-order valence-electron chi connectivity index (χ0n) is 15.9. The maximum Gasteiger partial charge on any atom is 0.255 e. The van der Waals surface area contributed by atoms with Gasteiger partial charge in [0.25, 0.3) is 5.88 Å². The number of nitrogens with zero attached hydrogens (tertiary/aromatic N) is 3. The highest BCUT2D eigenvalue weighted by Crippen LogP contribution is 2.35. The fourth-order valence-corrected chi connectivity index (χ4v) is 4.49. The molecular weight excluding hydrogens is 362 g/mol. The van der Waals surface area contributed by atoms with E-state index in [1.165, 1.54) is 0 Å². The number of fused-ring (bicyclic) bond motifs is 1. The lowest BCUT2D eigenvalue weighted by atomic mass is 9.87. The van der Waals surface area contributed by atoms with E-state index in [4.69, 9.17) is 9.26 Å². The number of piperidine rings is 1. The molecule has 144 valence electrons. The lowest BCUT2D eigenvalue weighted by molar-refractivity contribution is 0.0921. The molecule has 6 nitrogen and oxygen atoms in total. The Morgan fingerprint density at radius 1 is 1.30 bits per heavy atom. The lowest BCUT2D eigenvalue weighted by Gasteiger charge is -2.32. The van der Waals surface area contributed by atoms with Gasteiger partial charge in [-0.15, -0.1) is 11.3 Å². The third kappa shape index (κ3) is 3.80. The molecule has 1 fully saturated rings. The van der Waals surface area contributed by atoms with Crippen molar-refractivity contribution in [3.05, 3.63) is 35.0 Å². The molecule has 0 amide bonds. The van der Waals surface area contributed by atoms with Crippen LogP contribution in [0.1, 0.15) is 44.9 Å².